The fourth-order valence-electron chi connectivity index (χ4n) is 1.93. The van der Waals surface area contributed by atoms with Gasteiger partial charge in [-0.05, 0) is 38.1 Å². The molecule has 0 radical (unpaired) electrons. The zero-order chi connectivity index (χ0) is 11.4. The maximum absolute atomic E-state index is 5.63. The molecule has 3 nitrogen and oxygen atoms in total. The summed E-state index contributed by atoms with van der Waals surface area (Å²) in [5.41, 5.74) is 1.29. The van der Waals surface area contributed by atoms with Gasteiger partial charge in [0.15, 0.2) is 0 Å². The highest BCUT2D eigenvalue weighted by molar-refractivity contribution is 5.85. The molecule has 0 aliphatic carbocycles. The van der Waals surface area contributed by atoms with Gasteiger partial charge in [-0.1, -0.05) is 0 Å². The molecular formula is C13H22Cl2N2O. The molecule has 2 rings (SSSR count). The van der Waals surface area contributed by atoms with Gasteiger partial charge >= 0.3 is 0 Å². The Balaban J connectivity index is 0.00000144. The number of benzene rings is 1. The van der Waals surface area contributed by atoms with Crippen LogP contribution in [-0.4, -0.2) is 32.3 Å². The van der Waals surface area contributed by atoms with Crippen LogP contribution in [0.3, 0.4) is 0 Å². The first-order valence-corrected chi connectivity index (χ1v) is 5.98. The summed E-state index contributed by atoms with van der Waals surface area (Å²) in [5, 5.41) is 3.36. The molecule has 0 saturated carbocycles. The lowest BCUT2D eigenvalue weighted by Gasteiger charge is -2.29. The Labute approximate surface area is 122 Å². The van der Waals surface area contributed by atoms with Crippen molar-refractivity contribution in [2.75, 3.05) is 31.1 Å². The van der Waals surface area contributed by atoms with Crippen LogP contribution in [0.1, 0.15) is 13.8 Å². The number of rotatable bonds is 3. The minimum atomic E-state index is 0. The van der Waals surface area contributed by atoms with Crippen molar-refractivity contribution in [2.45, 2.75) is 20.0 Å². The second kappa shape index (κ2) is 8.46. The largest absolute Gasteiger partial charge is 0.491 e. The molecule has 1 saturated heterocycles. The van der Waals surface area contributed by atoms with E-state index in [-0.39, 0.29) is 30.9 Å². The molecule has 1 aliphatic heterocycles. The predicted octanol–water partition coefficient (Wildman–Crippen LogP) is 2.73. The van der Waals surface area contributed by atoms with Gasteiger partial charge in [0, 0.05) is 31.9 Å². The highest BCUT2D eigenvalue weighted by Gasteiger charge is 2.10. The summed E-state index contributed by atoms with van der Waals surface area (Å²) in [6, 6.07) is 8.39. The van der Waals surface area contributed by atoms with E-state index in [4.69, 9.17) is 4.74 Å². The van der Waals surface area contributed by atoms with Crippen LogP contribution in [0.25, 0.3) is 0 Å². The van der Waals surface area contributed by atoms with Crippen molar-refractivity contribution >= 4 is 30.5 Å². The molecule has 1 heterocycles. The maximum atomic E-state index is 5.63. The molecule has 18 heavy (non-hydrogen) atoms. The molecular weight excluding hydrogens is 271 g/mol. The molecule has 0 aromatic heterocycles. The topological polar surface area (TPSA) is 24.5 Å². The number of anilines is 1. The van der Waals surface area contributed by atoms with Crippen molar-refractivity contribution in [1.29, 1.82) is 0 Å². The average Bonchev–Trinajstić information content (AvgIpc) is 2.30. The normalized spacial score (nSPS) is 14.7. The molecule has 1 aromatic carbocycles. The molecule has 0 atom stereocenters. The second-order valence-electron chi connectivity index (χ2n) is 4.40. The molecule has 1 aromatic rings. The van der Waals surface area contributed by atoms with Crippen LogP contribution in [0.4, 0.5) is 5.69 Å². The van der Waals surface area contributed by atoms with E-state index in [9.17, 15) is 0 Å². The smallest absolute Gasteiger partial charge is 0.119 e. The third-order valence-electron chi connectivity index (χ3n) is 2.69. The van der Waals surface area contributed by atoms with Gasteiger partial charge in [-0.2, -0.15) is 0 Å². The van der Waals surface area contributed by atoms with Crippen LogP contribution in [0.2, 0.25) is 0 Å². The van der Waals surface area contributed by atoms with Gasteiger partial charge in [-0.25, -0.2) is 0 Å². The molecule has 0 bridgehead atoms. The Kier molecular flexibility index (Phi) is 8.16. The molecule has 1 N–H and O–H groups in total. The Hall–Kier alpha value is -0.640. The number of nitrogens with zero attached hydrogens (tertiary/aromatic N) is 1. The van der Waals surface area contributed by atoms with Crippen LogP contribution in [-0.2, 0) is 0 Å². The summed E-state index contributed by atoms with van der Waals surface area (Å²) in [5.74, 6) is 0.953. The Morgan fingerprint density at radius 3 is 2.11 bits per heavy atom. The second-order valence-corrected chi connectivity index (χ2v) is 4.40. The summed E-state index contributed by atoms with van der Waals surface area (Å²) in [7, 11) is 0. The first kappa shape index (κ1) is 17.4. The Morgan fingerprint density at radius 2 is 1.61 bits per heavy atom. The van der Waals surface area contributed by atoms with Crippen molar-refractivity contribution in [3.63, 3.8) is 0 Å². The molecule has 0 amide bonds. The van der Waals surface area contributed by atoms with Crippen LogP contribution < -0.4 is 15.0 Å². The maximum Gasteiger partial charge on any atom is 0.119 e. The highest BCUT2D eigenvalue weighted by atomic mass is 35.5. The van der Waals surface area contributed by atoms with E-state index in [1.807, 2.05) is 13.8 Å². The van der Waals surface area contributed by atoms with Crippen LogP contribution in [0.5, 0.6) is 5.75 Å². The van der Waals surface area contributed by atoms with Gasteiger partial charge in [-0.3, -0.25) is 0 Å². The molecule has 0 unspecified atom stereocenters. The van der Waals surface area contributed by atoms with Gasteiger partial charge in [0.1, 0.15) is 5.75 Å². The van der Waals surface area contributed by atoms with Crippen molar-refractivity contribution in [3.8, 4) is 5.75 Å². The van der Waals surface area contributed by atoms with Crippen LogP contribution >= 0.6 is 24.8 Å². The number of hydrogen-bond acceptors (Lipinski definition) is 3. The Bertz CT molecular complexity index is 324. The number of piperazine rings is 1. The SMILES string of the molecule is CC(C)Oc1ccc(N2CCNCC2)cc1.Cl.Cl. The third kappa shape index (κ3) is 4.92. The summed E-state index contributed by atoms with van der Waals surface area (Å²) < 4.78 is 5.63. The van der Waals surface area contributed by atoms with Crippen molar-refractivity contribution in [1.82, 2.24) is 5.32 Å². The van der Waals surface area contributed by atoms with E-state index >= 15 is 0 Å². The van der Waals surface area contributed by atoms with Gasteiger partial charge in [0.2, 0.25) is 0 Å². The molecule has 104 valence electrons. The monoisotopic (exact) mass is 292 g/mol. The first-order valence-electron chi connectivity index (χ1n) is 5.98. The highest BCUT2D eigenvalue weighted by Crippen LogP contribution is 2.20. The number of hydrogen-bond donors (Lipinski definition) is 1. The van der Waals surface area contributed by atoms with Crippen molar-refractivity contribution in [2.24, 2.45) is 0 Å². The Morgan fingerprint density at radius 1 is 1.06 bits per heavy atom. The minimum absolute atomic E-state index is 0. The van der Waals surface area contributed by atoms with E-state index in [0.29, 0.717) is 0 Å². The lowest BCUT2D eigenvalue weighted by Crippen LogP contribution is -2.43. The zero-order valence-corrected chi connectivity index (χ0v) is 12.5. The van der Waals surface area contributed by atoms with Gasteiger partial charge in [0.05, 0.1) is 6.10 Å². The first-order chi connectivity index (χ1) is 7.75. The summed E-state index contributed by atoms with van der Waals surface area (Å²) in [6.07, 6.45) is 0.241. The molecule has 5 heteroatoms. The average molecular weight is 293 g/mol. The molecule has 1 aliphatic rings. The fraction of sp³-hybridized carbons (Fsp3) is 0.538. The standard InChI is InChI=1S/C13H20N2O.2ClH/c1-11(2)16-13-5-3-12(4-6-13)15-9-7-14-8-10-15;;/h3-6,11,14H,7-10H2,1-2H3;2*1H. The fourth-order valence-corrected chi connectivity index (χ4v) is 1.93. The van der Waals surface area contributed by atoms with Crippen LogP contribution in [0.15, 0.2) is 24.3 Å². The minimum Gasteiger partial charge on any atom is -0.491 e. The van der Waals surface area contributed by atoms with Crippen LogP contribution in [0, 0.1) is 0 Å². The number of nitrogens with one attached hydrogen (secondary N) is 1. The van der Waals surface area contributed by atoms with Gasteiger partial charge in [0.25, 0.3) is 0 Å². The summed E-state index contributed by atoms with van der Waals surface area (Å²) in [6.45, 7) is 8.41. The van der Waals surface area contributed by atoms with Gasteiger partial charge in [-0.15, -0.1) is 24.8 Å². The summed E-state index contributed by atoms with van der Waals surface area (Å²) in [4.78, 5) is 2.40. The molecule has 0 spiro atoms. The van der Waals surface area contributed by atoms with Crippen molar-refractivity contribution in [3.05, 3.63) is 24.3 Å². The summed E-state index contributed by atoms with van der Waals surface area (Å²) >= 11 is 0. The van der Waals surface area contributed by atoms with Gasteiger partial charge < -0.3 is 15.0 Å². The molecule has 1 fully saturated rings. The van der Waals surface area contributed by atoms with E-state index in [1.54, 1.807) is 0 Å². The number of ether oxygens (including phenoxy) is 1. The van der Waals surface area contributed by atoms with E-state index in [2.05, 4.69) is 34.5 Å². The quantitative estimate of drug-likeness (QED) is 0.927. The lowest BCUT2D eigenvalue weighted by molar-refractivity contribution is 0.242. The van der Waals surface area contributed by atoms with E-state index in [1.165, 1.54) is 5.69 Å². The third-order valence-corrected chi connectivity index (χ3v) is 2.69. The number of halogens is 2. The zero-order valence-electron chi connectivity index (χ0n) is 10.9. The predicted molar refractivity (Wildman–Crippen MR) is 81.8 cm³/mol. The van der Waals surface area contributed by atoms with Crippen molar-refractivity contribution < 1.29 is 4.74 Å². The lowest BCUT2D eigenvalue weighted by atomic mass is 10.2. The van der Waals surface area contributed by atoms with E-state index in [0.717, 1.165) is 31.9 Å². The van der Waals surface area contributed by atoms with E-state index < -0.39 is 0 Å².